The number of nitrogens with two attached hydrogens (primary N) is 1. The first-order valence-electron chi connectivity index (χ1n) is 11.6. The number of nitrogen functional groups attached to an aromatic ring is 1. The second kappa shape index (κ2) is 11.3. The number of carbonyl (C=O) groups excluding carboxylic acids is 1. The van der Waals surface area contributed by atoms with E-state index in [0.29, 0.717) is 24.5 Å². The van der Waals surface area contributed by atoms with Crippen molar-refractivity contribution < 1.29 is 9.53 Å². The van der Waals surface area contributed by atoms with Gasteiger partial charge in [-0.1, -0.05) is 54.6 Å². The molecule has 0 aliphatic rings. The topological polar surface area (TPSA) is 80.5 Å². The number of benzene rings is 3. The molecule has 0 fully saturated rings. The summed E-state index contributed by atoms with van der Waals surface area (Å²) in [5, 5.41) is 2.96. The number of likely N-dealkylation sites (N-methyl/N-ethyl adjacent to an activating group) is 1. The Bertz CT molecular complexity index is 1290. The van der Waals surface area contributed by atoms with Gasteiger partial charge in [0.05, 0.1) is 0 Å². The van der Waals surface area contributed by atoms with Crippen LogP contribution < -0.4 is 15.8 Å². The summed E-state index contributed by atoms with van der Waals surface area (Å²) >= 11 is 0. The Balaban J connectivity index is 1.54. The van der Waals surface area contributed by atoms with Crippen molar-refractivity contribution in [1.82, 2.24) is 15.2 Å². The number of rotatable bonds is 9. The molecule has 0 spiro atoms. The van der Waals surface area contributed by atoms with Crippen molar-refractivity contribution in [2.45, 2.75) is 6.61 Å². The van der Waals surface area contributed by atoms with Gasteiger partial charge in [0, 0.05) is 36.0 Å². The van der Waals surface area contributed by atoms with Gasteiger partial charge in [0.2, 0.25) is 0 Å². The largest absolute Gasteiger partial charge is 0.489 e. The van der Waals surface area contributed by atoms with Crippen molar-refractivity contribution in [3.05, 3.63) is 102 Å². The standard InChI is InChI=1S/C29H30N4O2/c1-33(2)15-14-31-29(34)24-12-6-10-22(16-24)25-18-27(28(30)32-19-25)23-11-7-13-26(17-23)35-20-21-8-4-3-5-9-21/h3-13,16-19H,14-15,20H2,1-2H3,(H2,30,32)(H,31,34). The van der Waals surface area contributed by atoms with Gasteiger partial charge in [-0.15, -0.1) is 0 Å². The Kier molecular flexibility index (Phi) is 7.75. The van der Waals surface area contributed by atoms with Crippen LogP contribution in [0.4, 0.5) is 5.82 Å². The highest BCUT2D eigenvalue weighted by molar-refractivity contribution is 5.95. The van der Waals surface area contributed by atoms with Crippen molar-refractivity contribution in [3.63, 3.8) is 0 Å². The van der Waals surface area contributed by atoms with Gasteiger partial charge in [-0.05, 0) is 61.1 Å². The fraction of sp³-hybridized carbons (Fsp3) is 0.172. The van der Waals surface area contributed by atoms with E-state index in [2.05, 4.69) is 10.3 Å². The molecule has 35 heavy (non-hydrogen) atoms. The second-order valence-electron chi connectivity index (χ2n) is 8.60. The molecule has 6 nitrogen and oxygen atoms in total. The van der Waals surface area contributed by atoms with E-state index in [9.17, 15) is 4.79 Å². The minimum Gasteiger partial charge on any atom is -0.489 e. The van der Waals surface area contributed by atoms with Crippen LogP contribution in [0.2, 0.25) is 0 Å². The van der Waals surface area contributed by atoms with E-state index in [-0.39, 0.29) is 5.91 Å². The minimum absolute atomic E-state index is 0.0967. The van der Waals surface area contributed by atoms with Crippen molar-refractivity contribution in [2.75, 3.05) is 32.9 Å². The first kappa shape index (κ1) is 24.0. The Morgan fingerprint density at radius 1 is 0.914 bits per heavy atom. The van der Waals surface area contributed by atoms with E-state index >= 15 is 0 Å². The summed E-state index contributed by atoms with van der Waals surface area (Å²) in [6, 6.07) is 27.4. The van der Waals surface area contributed by atoms with E-state index in [4.69, 9.17) is 10.5 Å². The smallest absolute Gasteiger partial charge is 0.251 e. The molecule has 0 aliphatic heterocycles. The molecule has 4 aromatic rings. The molecular formula is C29H30N4O2. The van der Waals surface area contributed by atoms with E-state index in [1.807, 2.05) is 104 Å². The second-order valence-corrected chi connectivity index (χ2v) is 8.60. The molecule has 0 saturated heterocycles. The third kappa shape index (κ3) is 6.46. The maximum Gasteiger partial charge on any atom is 0.251 e. The number of anilines is 1. The van der Waals surface area contributed by atoms with Gasteiger partial charge in [0.15, 0.2) is 0 Å². The van der Waals surface area contributed by atoms with Gasteiger partial charge in [0.1, 0.15) is 18.2 Å². The van der Waals surface area contributed by atoms with Crippen LogP contribution in [0, 0.1) is 0 Å². The summed E-state index contributed by atoms with van der Waals surface area (Å²) in [5.41, 5.74) is 11.5. The number of nitrogens with one attached hydrogen (secondary N) is 1. The molecule has 178 valence electrons. The highest BCUT2D eigenvalue weighted by Gasteiger charge is 2.11. The number of hydrogen-bond acceptors (Lipinski definition) is 5. The molecule has 0 bridgehead atoms. The van der Waals surface area contributed by atoms with Gasteiger partial charge in [-0.2, -0.15) is 0 Å². The summed E-state index contributed by atoms with van der Waals surface area (Å²) in [4.78, 5) is 19.0. The number of hydrogen-bond donors (Lipinski definition) is 2. The summed E-state index contributed by atoms with van der Waals surface area (Å²) in [6.07, 6.45) is 1.73. The zero-order valence-electron chi connectivity index (χ0n) is 20.1. The molecule has 0 aliphatic carbocycles. The van der Waals surface area contributed by atoms with E-state index in [0.717, 1.165) is 40.1 Å². The Labute approximate surface area is 206 Å². The van der Waals surface area contributed by atoms with E-state index in [1.54, 1.807) is 6.20 Å². The van der Waals surface area contributed by atoms with E-state index in [1.165, 1.54) is 0 Å². The lowest BCUT2D eigenvalue weighted by molar-refractivity contribution is 0.0951. The molecule has 1 heterocycles. The van der Waals surface area contributed by atoms with Crippen LogP contribution in [0.15, 0.2) is 91.1 Å². The molecule has 1 amide bonds. The molecule has 3 aromatic carbocycles. The van der Waals surface area contributed by atoms with E-state index < -0.39 is 0 Å². The van der Waals surface area contributed by atoms with Gasteiger partial charge in [0.25, 0.3) is 5.91 Å². The molecule has 4 rings (SSSR count). The lowest BCUT2D eigenvalue weighted by atomic mass is 9.99. The summed E-state index contributed by atoms with van der Waals surface area (Å²) in [5.74, 6) is 1.10. The first-order valence-corrected chi connectivity index (χ1v) is 11.6. The SMILES string of the molecule is CN(C)CCNC(=O)c1cccc(-c2cnc(N)c(-c3cccc(OCc4ccccc4)c3)c2)c1. The number of aromatic nitrogens is 1. The maximum absolute atomic E-state index is 12.6. The third-order valence-corrected chi connectivity index (χ3v) is 5.61. The summed E-state index contributed by atoms with van der Waals surface area (Å²) < 4.78 is 5.99. The molecule has 6 heteroatoms. The zero-order valence-corrected chi connectivity index (χ0v) is 20.1. The van der Waals surface area contributed by atoms with Crippen LogP contribution >= 0.6 is 0 Å². The van der Waals surface area contributed by atoms with Gasteiger partial charge < -0.3 is 20.7 Å². The van der Waals surface area contributed by atoms with Gasteiger partial charge in [-0.25, -0.2) is 4.98 Å². The predicted molar refractivity (Wildman–Crippen MR) is 141 cm³/mol. The molecular weight excluding hydrogens is 436 g/mol. The Morgan fingerprint density at radius 3 is 2.49 bits per heavy atom. The third-order valence-electron chi connectivity index (χ3n) is 5.61. The summed E-state index contributed by atoms with van der Waals surface area (Å²) in [6.45, 7) is 1.86. The van der Waals surface area contributed by atoms with Crippen LogP contribution in [-0.4, -0.2) is 43.0 Å². The number of carbonyl (C=O) groups is 1. The lowest BCUT2D eigenvalue weighted by Gasteiger charge is -2.12. The Morgan fingerprint density at radius 2 is 1.69 bits per heavy atom. The highest BCUT2D eigenvalue weighted by Crippen LogP contribution is 2.32. The molecule has 1 aromatic heterocycles. The van der Waals surface area contributed by atoms with Gasteiger partial charge in [-0.3, -0.25) is 4.79 Å². The van der Waals surface area contributed by atoms with Gasteiger partial charge >= 0.3 is 0 Å². The van der Waals surface area contributed by atoms with Crippen molar-refractivity contribution >= 4 is 11.7 Å². The zero-order chi connectivity index (χ0) is 24.6. The van der Waals surface area contributed by atoms with Crippen LogP contribution in [0.3, 0.4) is 0 Å². The van der Waals surface area contributed by atoms with Crippen molar-refractivity contribution in [1.29, 1.82) is 0 Å². The van der Waals surface area contributed by atoms with Crippen LogP contribution in [0.25, 0.3) is 22.3 Å². The number of amides is 1. The average Bonchev–Trinajstić information content (AvgIpc) is 2.88. The van der Waals surface area contributed by atoms with Crippen molar-refractivity contribution in [3.8, 4) is 28.0 Å². The fourth-order valence-corrected chi connectivity index (χ4v) is 3.69. The highest BCUT2D eigenvalue weighted by atomic mass is 16.5. The molecule has 3 N–H and O–H groups in total. The molecule has 0 saturated carbocycles. The minimum atomic E-state index is -0.0967. The molecule has 0 radical (unpaired) electrons. The quantitative estimate of drug-likeness (QED) is 0.368. The average molecular weight is 467 g/mol. The fourth-order valence-electron chi connectivity index (χ4n) is 3.69. The molecule has 0 unspecified atom stereocenters. The maximum atomic E-state index is 12.6. The number of ether oxygens (including phenoxy) is 1. The predicted octanol–water partition coefficient (Wildman–Crippen LogP) is 4.87. The number of pyridine rings is 1. The molecule has 0 atom stereocenters. The first-order chi connectivity index (χ1) is 17.0. The lowest BCUT2D eigenvalue weighted by Crippen LogP contribution is -2.31. The summed E-state index contributed by atoms with van der Waals surface area (Å²) in [7, 11) is 3.95. The van der Waals surface area contributed by atoms with Crippen molar-refractivity contribution in [2.24, 2.45) is 0 Å². The number of nitrogens with zero attached hydrogens (tertiary/aromatic N) is 2. The normalized spacial score (nSPS) is 10.8. The Hall–Kier alpha value is -4.16. The van der Waals surface area contributed by atoms with Crippen LogP contribution in [0.5, 0.6) is 5.75 Å². The monoisotopic (exact) mass is 466 g/mol. The van der Waals surface area contributed by atoms with Crippen LogP contribution in [0.1, 0.15) is 15.9 Å². The van der Waals surface area contributed by atoms with Crippen LogP contribution in [-0.2, 0) is 6.61 Å².